The molecule has 0 saturated heterocycles. The molecule has 3 aliphatic carbocycles. The maximum Gasteiger partial charge on any atom is 0.573 e. The molecule has 5 unspecified atom stereocenters. The number of fused-ring (bicyclic) bond motifs is 1. The number of halogens is 3. The van der Waals surface area contributed by atoms with E-state index in [4.69, 9.17) is 0 Å². The average Bonchev–Trinajstić information content (AvgIpc) is 3.12. The van der Waals surface area contributed by atoms with Gasteiger partial charge in [-0.2, -0.15) is 0 Å². The van der Waals surface area contributed by atoms with Gasteiger partial charge in [0.25, 0.3) is 0 Å². The van der Waals surface area contributed by atoms with E-state index in [2.05, 4.69) is 29.2 Å². The van der Waals surface area contributed by atoms with Crippen molar-refractivity contribution in [3.05, 3.63) is 35.5 Å². The van der Waals surface area contributed by atoms with Gasteiger partial charge < -0.3 is 15.4 Å². The van der Waals surface area contributed by atoms with Gasteiger partial charge in [-0.25, -0.2) is 0 Å². The second kappa shape index (κ2) is 9.17. The summed E-state index contributed by atoms with van der Waals surface area (Å²) < 4.78 is 42.9. The van der Waals surface area contributed by atoms with Crippen LogP contribution >= 0.6 is 0 Å². The monoisotopic (exact) mass is 492 g/mol. The van der Waals surface area contributed by atoms with Crippen molar-refractivity contribution >= 4 is 17.4 Å². The van der Waals surface area contributed by atoms with Crippen molar-refractivity contribution in [2.45, 2.75) is 72.1 Å². The lowest BCUT2D eigenvalue weighted by atomic mass is 9.55. The Hall–Kier alpha value is -2.51. The van der Waals surface area contributed by atoms with Crippen LogP contribution < -0.4 is 15.4 Å². The first-order valence-electron chi connectivity index (χ1n) is 12.5. The van der Waals surface area contributed by atoms with Crippen LogP contribution in [0.25, 0.3) is 0 Å². The molecule has 0 heterocycles. The zero-order valence-electron chi connectivity index (χ0n) is 20.8. The van der Waals surface area contributed by atoms with Crippen molar-refractivity contribution in [2.24, 2.45) is 28.6 Å². The molecule has 0 bridgehead atoms. The zero-order chi connectivity index (χ0) is 25.6. The molecule has 35 heavy (non-hydrogen) atoms. The first kappa shape index (κ1) is 25.6. The minimum atomic E-state index is -4.84. The largest absolute Gasteiger partial charge is 0.573 e. The lowest BCUT2D eigenvalue weighted by Crippen LogP contribution is -2.45. The van der Waals surface area contributed by atoms with Crippen LogP contribution in [0.15, 0.2) is 30.0 Å². The molecule has 1 aromatic rings. The molecule has 192 valence electrons. The summed E-state index contributed by atoms with van der Waals surface area (Å²) in [4.78, 5) is 25.3. The van der Waals surface area contributed by atoms with E-state index in [1.54, 1.807) is 19.1 Å². The van der Waals surface area contributed by atoms with E-state index >= 15 is 0 Å². The summed E-state index contributed by atoms with van der Waals surface area (Å²) in [7, 11) is 1.87. The smallest absolute Gasteiger partial charge is 0.404 e. The maximum absolute atomic E-state index is 13.4. The molecule has 0 spiro atoms. The van der Waals surface area contributed by atoms with Crippen LogP contribution in [0, 0.1) is 35.5 Å². The van der Waals surface area contributed by atoms with Gasteiger partial charge in [0, 0.05) is 36.6 Å². The van der Waals surface area contributed by atoms with Crippen molar-refractivity contribution in [1.82, 2.24) is 5.32 Å². The Bertz CT molecular complexity index is 1040. The van der Waals surface area contributed by atoms with Crippen LogP contribution in [0.1, 0.15) is 64.4 Å². The summed E-state index contributed by atoms with van der Waals surface area (Å²) in [6.07, 6.45) is 2.74. The number of rotatable bonds is 5. The number of hydrogen-bond acceptors (Lipinski definition) is 4. The third-order valence-corrected chi connectivity index (χ3v) is 9.05. The zero-order valence-corrected chi connectivity index (χ0v) is 20.8. The van der Waals surface area contributed by atoms with E-state index in [0.717, 1.165) is 37.8 Å². The van der Waals surface area contributed by atoms with Crippen LogP contribution in [-0.2, 0) is 9.59 Å². The molecule has 0 aromatic heterocycles. The van der Waals surface area contributed by atoms with Crippen molar-refractivity contribution in [3.8, 4) is 5.75 Å². The van der Waals surface area contributed by atoms with Gasteiger partial charge in [-0.1, -0.05) is 19.9 Å². The van der Waals surface area contributed by atoms with Gasteiger partial charge in [0.15, 0.2) is 11.5 Å². The quantitative estimate of drug-likeness (QED) is 0.518. The van der Waals surface area contributed by atoms with Gasteiger partial charge in [0.1, 0.15) is 0 Å². The van der Waals surface area contributed by atoms with Crippen LogP contribution in [0.5, 0.6) is 5.75 Å². The summed E-state index contributed by atoms with van der Waals surface area (Å²) in [5.74, 6) is 0.0326. The van der Waals surface area contributed by atoms with E-state index in [1.807, 2.05) is 7.05 Å². The van der Waals surface area contributed by atoms with E-state index in [1.165, 1.54) is 12.1 Å². The second-order valence-electron chi connectivity index (χ2n) is 11.0. The van der Waals surface area contributed by atoms with Crippen molar-refractivity contribution in [2.75, 3.05) is 12.4 Å². The molecule has 1 amide bonds. The molecular formula is C27H35F3N2O3. The molecule has 8 heteroatoms. The molecule has 4 rings (SSSR count). The normalized spacial score (nSPS) is 33.1. The molecule has 2 saturated carbocycles. The maximum atomic E-state index is 13.4. The van der Waals surface area contributed by atoms with E-state index in [0.29, 0.717) is 30.2 Å². The summed E-state index contributed by atoms with van der Waals surface area (Å²) >= 11 is 0. The van der Waals surface area contributed by atoms with E-state index in [9.17, 15) is 22.8 Å². The van der Waals surface area contributed by atoms with E-state index < -0.39 is 6.36 Å². The van der Waals surface area contributed by atoms with Gasteiger partial charge in [-0.15, -0.1) is 13.2 Å². The molecule has 0 aliphatic heterocycles. The number of carbonyl (C=O) groups is 2. The lowest BCUT2D eigenvalue weighted by molar-refractivity contribution is -0.274. The summed E-state index contributed by atoms with van der Waals surface area (Å²) in [6.45, 7) is 6.08. The number of benzene rings is 1. The fourth-order valence-electron chi connectivity index (χ4n) is 6.89. The standard InChI is InChI=1S/C27H35F3N2O3/c1-16-5-8-21(22(13-16)35-27(28,29)30)32-24(34)20-7-6-17-14-18(9-11-25(17,20)2)26(3)12-10-19(33)15-23(26)31-4/h5,8,13,15,17-18,20,31H,6-7,9-12,14H2,1-4H3,(H,32,34). The van der Waals surface area contributed by atoms with Gasteiger partial charge in [-0.3, -0.25) is 9.59 Å². The van der Waals surface area contributed by atoms with E-state index in [-0.39, 0.29) is 39.9 Å². The minimum Gasteiger partial charge on any atom is -0.404 e. The van der Waals surface area contributed by atoms with Crippen LogP contribution in [-0.4, -0.2) is 25.1 Å². The molecular weight excluding hydrogens is 457 g/mol. The Morgan fingerprint density at radius 1 is 1.11 bits per heavy atom. The highest BCUT2D eigenvalue weighted by atomic mass is 19.4. The van der Waals surface area contributed by atoms with Crippen LogP contribution in [0.3, 0.4) is 0 Å². The Kier molecular flexibility index (Phi) is 6.70. The molecule has 5 atom stereocenters. The third-order valence-electron chi connectivity index (χ3n) is 9.05. The summed E-state index contributed by atoms with van der Waals surface area (Å²) in [5, 5.41) is 6.00. The number of ether oxygens (including phenoxy) is 1. The van der Waals surface area contributed by atoms with Crippen LogP contribution in [0.2, 0.25) is 0 Å². The predicted octanol–water partition coefficient (Wildman–Crippen LogP) is 6.14. The SMILES string of the molecule is CNC1=CC(=O)CCC1(C)C1CCC2(C)C(CCC2C(=O)Nc2ccc(C)cc2OC(F)(F)F)C1. The number of carbonyl (C=O) groups excluding carboxylic acids is 2. The summed E-state index contributed by atoms with van der Waals surface area (Å²) in [6, 6.07) is 4.42. The van der Waals surface area contributed by atoms with Gasteiger partial charge in [-0.05, 0) is 80.4 Å². The topological polar surface area (TPSA) is 67.4 Å². The number of allylic oxidation sites excluding steroid dienone is 2. The highest BCUT2D eigenvalue weighted by molar-refractivity contribution is 5.95. The molecule has 0 radical (unpaired) electrons. The number of hydrogen-bond donors (Lipinski definition) is 2. The molecule has 2 N–H and O–H groups in total. The highest BCUT2D eigenvalue weighted by Gasteiger charge is 2.55. The van der Waals surface area contributed by atoms with Crippen molar-refractivity contribution in [1.29, 1.82) is 0 Å². The van der Waals surface area contributed by atoms with Crippen LogP contribution in [0.4, 0.5) is 18.9 Å². The second-order valence-corrected chi connectivity index (χ2v) is 11.0. The fourth-order valence-corrected chi connectivity index (χ4v) is 6.89. The van der Waals surface area contributed by atoms with Gasteiger partial charge >= 0.3 is 6.36 Å². The van der Waals surface area contributed by atoms with Crippen molar-refractivity contribution < 1.29 is 27.5 Å². The Morgan fingerprint density at radius 3 is 2.54 bits per heavy atom. The van der Waals surface area contributed by atoms with Gasteiger partial charge in [0.2, 0.25) is 5.91 Å². The number of anilines is 1. The average molecular weight is 493 g/mol. The Balaban J connectivity index is 1.49. The first-order valence-corrected chi connectivity index (χ1v) is 12.5. The first-order chi connectivity index (χ1) is 16.4. The number of ketones is 1. The third kappa shape index (κ3) is 4.94. The molecule has 3 aliphatic rings. The molecule has 2 fully saturated rings. The van der Waals surface area contributed by atoms with Crippen molar-refractivity contribution in [3.63, 3.8) is 0 Å². The summed E-state index contributed by atoms with van der Waals surface area (Å²) in [5.41, 5.74) is 1.37. The molecule has 5 nitrogen and oxygen atoms in total. The number of amides is 1. The number of aryl methyl sites for hydroxylation is 1. The fraction of sp³-hybridized carbons (Fsp3) is 0.630. The molecule has 1 aromatic carbocycles. The number of nitrogens with one attached hydrogen (secondary N) is 2. The van der Waals surface area contributed by atoms with Gasteiger partial charge in [0.05, 0.1) is 5.69 Å². The highest BCUT2D eigenvalue weighted by Crippen LogP contribution is 2.61. The predicted molar refractivity (Wildman–Crippen MR) is 128 cm³/mol. The minimum absolute atomic E-state index is 0.0434. The Morgan fingerprint density at radius 2 is 1.86 bits per heavy atom. The number of alkyl halides is 3. The Labute approximate surface area is 204 Å². The lowest BCUT2D eigenvalue weighted by Gasteiger charge is -2.50.